The second kappa shape index (κ2) is 10.3. The van der Waals surface area contributed by atoms with Crippen molar-refractivity contribution in [1.29, 1.82) is 0 Å². The van der Waals surface area contributed by atoms with Gasteiger partial charge < -0.3 is 9.47 Å². The van der Waals surface area contributed by atoms with Gasteiger partial charge in [-0.05, 0) is 45.4 Å². The van der Waals surface area contributed by atoms with E-state index in [1.807, 2.05) is 6.92 Å². The van der Waals surface area contributed by atoms with Crippen molar-refractivity contribution in [3.05, 3.63) is 28.2 Å². The summed E-state index contributed by atoms with van der Waals surface area (Å²) in [4.78, 5) is 23.9. The highest BCUT2D eigenvalue weighted by Crippen LogP contribution is 2.28. The van der Waals surface area contributed by atoms with Crippen molar-refractivity contribution in [3.8, 4) is 5.75 Å². The van der Waals surface area contributed by atoms with Crippen molar-refractivity contribution in [1.82, 2.24) is 5.43 Å². The van der Waals surface area contributed by atoms with Gasteiger partial charge in [-0.15, -0.1) is 0 Å². The average Bonchev–Trinajstić information content (AvgIpc) is 2.56. The molecular weight excluding hydrogens is 367 g/mol. The highest BCUT2D eigenvalue weighted by Gasteiger charge is 2.22. The molecule has 1 rings (SSSR count). The first-order valence-corrected chi connectivity index (χ1v) is 8.68. The number of benzene rings is 1. The number of nitrogens with zero attached hydrogens (tertiary/aromatic N) is 1. The largest absolute Gasteiger partial charge is 0.479 e. The van der Waals surface area contributed by atoms with Crippen LogP contribution in [0.4, 0.5) is 0 Å². The zero-order valence-corrected chi connectivity index (χ0v) is 16.1. The third-order valence-electron chi connectivity index (χ3n) is 3.39. The summed E-state index contributed by atoms with van der Waals surface area (Å²) >= 11 is 11.8. The number of ether oxygens (including phenoxy) is 2. The van der Waals surface area contributed by atoms with Crippen LogP contribution in [0.5, 0.6) is 5.75 Å². The highest BCUT2D eigenvalue weighted by atomic mass is 35.5. The number of halogens is 2. The van der Waals surface area contributed by atoms with E-state index >= 15 is 0 Å². The van der Waals surface area contributed by atoms with Crippen LogP contribution in [0.25, 0.3) is 0 Å². The Hall–Kier alpha value is -1.79. The molecule has 1 amide bonds. The first kappa shape index (κ1) is 21.3. The average molecular weight is 389 g/mol. The SMILES string of the molecule is CCOC(=O)C(CC)/C(C)=N/NC(=O)C(C)Oc1ccc(Cl)cc1Cl. The molecule has 0 saturated carbocycles. The Morgan fingerprint density at radius 1 is 1.28 bits per heavy atom. The molecule has 25 heavy (non-hydrogen) atoms. The molecule has 0 bridgehead atoms. The van der Waals surface area contributed by atoms with Crippen LogP contribution in [0.15, 0.2) is 23.3 Å². The number of hydrazone groups is 1. The molecule has 2 unspecified atom stereocenters. The van der Waals surface area contributed by atoms with E-state index in [0.717, 1.165) is 0 Å². The van der Waals surface area contributed by atoms with Gasteiger partial charge in [-0.3, -0.25) is 9.59 Å². The Morgan fingerprint density at radius 2 is 1.96 bits per heavy atom. The summed E-state index contributed by atoms with van der Waals surface area (Å²) in [6, 6.07) is 4.72. The van der Waals surface area contributed by atoms with Gasteiger partial charge in [0.15, 0.2) is 6.10 Å². The first-order chi connectivity index (χ1) is 11.8. The van der Waals surface area contributed by atoms with Crippen LogP contribution >= 0.6 is 23.2 Å². The molecular formula is C17H22Cl2N2O4. The summed E-state index contributed by atoms with van der Waals surface area (Å²) < 4.78 is 10.5. The maximum atomic E-state index is 12.1. The van der Waals surface area contributed by atoms with Crippen molar-refractivity contribution in [2.45, 2.75) is 40.2 Å². The van der Waals surface area contributed by atoms with Crippen LogP contribution in [0.3, 0.4) is 0 Å². The number of carbonyl (C=O) groups excluding carboxylic acids is 2. The van der Waals surface area contributed by atoms with Gasteiger partial charge >= 0.3 is 5.97 Å². The normalized spacial score (nSPS) is 13.8. The maximum Gasteiger partial charge on any atom is 0.314 e. The fraction of sp³-hybridized carbons (Fsp3) is 0.471. The summed E-state index contributed by atoms with van der Waals surface area (Å²) in [5, 5.41) is 4.76. The lowest BCUT2D eigenvalue weighted by molar-refractivity contribution is -0.145. The predicted octanol–water partition coefficient (Wildman–Crippen LogP) is 3.84. The number of amides is 1. The Kier molecular flexibility index (Phi) is 8.72. The molecule has 6 nitrogen and oxygen atoms in total. The predicted molar refractivity (Wildman–Crippen MR) is 98.2 cm³/mol. The summed E-state index contributed by atoms with van der Waals surface area (Å²) in [5.41, 5.74) is 2.86. The monoisotopic (exact) mass is 388 g/mol. The minimum atomic E-state index is -0.835. The number of hydrogen-bond acceptors (Lipinski definition) is 5. The molecule has 0 aliphatic heterocycles. The minimum absolute atomic E-state index is 0.293. The Balaban J connectivity index is 2.68. The smallest absolute Gasteiger partial charge is 0.314 e. The van der Waals surface area contributed by atoms with E-state index in [4.69, 9.17) is 32.7 Å². The Labute approximate surface area is 157 Å². The van der Waals surface area contributed by atoms with Gasteiger partial charge in [-0.25, -0.2) is 5.43 Å². The standard InChI is InChI=1S/C17H22Cl2N2O4/c1-5-13(17(23)24-6-2)10(3)20-21-16(22)11(4)25-15-8-7-12(18)9-14(15)19/h7-9,11,13H,5-6H2,1-4H3,(H,21,22)/b20-10+. The van der Waals surface area contributed by atoms with Crippen LogP contribution in [0.2, 0.25) is 10.0 Å². The molecule has 0 fully saturated rings. The fourth-order valence-electron chi connectivity index (χ4n) is 2.00. The molecule has 0 saturated heterocycles. The van der Waals surface area contributed by atoms with Crippen LogP contribution in [0, 0.1) is 5.92 Å². The van der Waals surface area contributed by atoms with Crippen LogP contribution in [-0.2, 0) is 14.3 Å². The number of nitrogens with one attached hydrogen (secondary N) is 1. The molecule has 0 spiro atoms. The Morgan fingerprint density at radius 3 is 2.52 bits per heavy atom. The number of rotatable bonds is 8. The van der Waals surface area contributed by atoms with E-state index in [-0.39, 0.29) is 5.97 Å². The quantitative estimate of drug-likeness (QED) is 0.416. The molecule has 0 aliphatic carbocycles. The van der Waals surface area contributed by atoms with Crippen molar-refractivity contribution in [2.24, 2.45) is 11.0 Å². The van der Waals surface area contributed by atoms with E-state index in [0.29, 0.717) is 34.5 Å². The molecule has 2 atom stereocenters. The summed E-state index contributed by atoms with van der Waals surface area (Å²) in [5.74, 6) is -0.989. The summed E-state index contributed by atoms with van der Waals surface area (Å²) in [6.45, 7) is 7.10. The van der Waals surface area contributed by atoms with Crippen molar-refractivity contribution in [2.75, 3.05) is 6.61 Å². The molecule has 1 aromatic rings. The van der Waals surface area contributed by atoms with E-state index in [9.17, 15) is 9.59 Å². The highest BCUT2D eigenvalue weighted by molar-refractivity contribution is 6.35. The van der Waals surface area contributed by atoms with E-state index < -0.39 is 17.9 Å². The molecule has 1 N–H and O–H groups in total. The zero-order valence-electron chi connectivity index (χ0n) is 14.6. The van der Waals surface area contributed by atoms with Gasteiger partial charge in [0.1, 0.15) is 5.75 Å². The Bertz CT molecular complexity index is 650. The van der Waals surface area contributed by atoms with E-state index in [1.54, 1.807) is 32.9 Å². The minimum Gasteiger partial charge on any atom is -0.479 e. The third kappa shape index (κ3) is 6.55. The second-order valence-corrected chi connectivity index (χ2v) is 6.12. The van der Waals surface area contributed by atoms with E-state index in [2.05, 4.69) is 10.5 Å². The molecule has 0 aromatic heterocycles. The molecule has 1 aromatic carbocycles. The number of hydrogen-bond donors (Lipinski definition) is 1. The van der Waals surface area contributed by atoms with Crippen molar-refractivity contribution < 1.29 is 19.1 Å². The third-order valence-corrected chi connectivity index (χ3v) is 3.92. The van der Waals surface area contributed by atoms with Crippen LogP contribution in [-0.4, -0.2) is 30.3 Å². The van der Waals surface area contributed by atoms with Crippen molar-refractivity contribution in [3.63, 3.8) is 0 Å². The van der Waals surface area contributed by atoms with Gasteiger partial charge in [0.05, 0.1) is 17.5 Å². The lowest BCUT2D eigenvalue weighted by atomic mass is 10.0. The van der Waals surface area contributed by atoms with E-state index in [1.165, 1.54) is 6.07 Å². The van der Waals surface area contributed by atoms with Crippen molar-refractivity contribution >= 4 is 40.8 Å². The van der Waals surface area contributed by atoms with Crippen LogP contribution < -0.4 is 10.2 Å². The molecule has 138 valence electrons. The second-order valence-electron chi connectivity index (χ2n) is 5.28. The first-order valence-electron chi connectivity index (χ1n) is 7.92. The molecule has 8 heteroatoms. The number of esters is 1. The fourth-order valence-corrected chi connectivity index (χ4v) is 2.46. The van der Waals surface area contributed by atoms with Crippen LogP contribution in [0.1, 0.15) is 34.1 Å². The van der Waals surface area contributed by atoms with Gasteiger partial charge in [0.2, 0.25) is 0 Å². The van der Waals surface area contributed by atoms with Gasteiger partial charge in [0, 0.05) is 10.7 Å². The molecule has 0 radical (unpaired) electrons. The number of carbonyl (C=O) groups is 2. The van der Waals surface area contributed by atoms with Gasteiger partial charge in [-0.1, -0.05) is 30.1 Å². The van der Waals surface area contributed by atoms with Gasteiger partial charge in [0.25, 0.3) is 5.91 Å². The van der Waals surface area contributed by atoms with Gasteiger partial charge in [-0.2, -0.15) is 5.10 Å². The zero-order chi connectivity index (χ0) is 19.0. The summed E-state index contributed by atoms with van der Waals surface area (Å²) in [7, 11) is 0. The molecule has 0 aliphatic rings. The maximum absolute atomic E-state index is 12.1. The topological polar surface area (TPSA) is 77.0 Å². The lowest BCUT2D eigenvalue weighted by Gasteiger charge is -2.16. The summed E-state index contributed by atoms with van der Waals surface area (Å²) in [6.07, 6.45) is -0.311. The molecule has 0 heterocycles. The lowest BCUT2D eigenvalue weighted by Crippen LogP contribution is -2.35.